The van der Waals surface area contributed by atoms with Gasteiger partial charge in [0.05, 0.1) is 17.1 Å². The van der Waals surface area contributed by atoms with Crippen LogP contribution >= 0.6 is 0 Å². The molecule has 1 aliphatic rings. The van der Waals surface area contributed by atoms with Crippen LogP contribution in [0.5, 0.6) is 0 Å². The molecular weight excluding hydrogens is 214 g/mol. The van der Waals surface area contributed by atoms with Crippen molar-refractivity contribution < 1.29 is 0 Å². The molecule has 1 N–H and O–H groups in total. The summed E-state index contributed by atoms with van der Waals surface area (Å²) in [6.07, 6.45) is 1.04. The van der Waals surface area contributed by atoms with Gasteiger partial charge in [0.25, 0.3) is 0 Å². The van der Waals surface area contributed by atoms with E-state index in [0.717, 1.165) is 30.5 Å². The number of benzene rings is 1. The molecule has 2 aromatic rings. The number of nitrogens with one attached hydrogen (secondary N) is 1. The Morgan fingerprint density at radius 3 is 2.94 bits per heavy atom. The second kappa shape index (κ2) is 3.74. The molecule has 0 bridgehead atoms. The van der Waals surface area contributed by atoms with E-state index in [2.05, 4.69) is 18.3 Å². The van der Waals surface area contributed by atoms with E-state index in [0.29, 0.717) is 6.04 Å². The maximum atomic E-state index is 12.3. The first-order chi connectivity index (χ1) is 8.20. The van der Waals surface area contributed by atoms with Crippen LogP contribution in [0.15, 0.2) is 23.0 Å². The summed E-state index contributed by atoms with van der Waals surface area (Å²) >= 11 is 0. The number of aryl methyl sites for hydroxylation is 2. The highest BCUT2D eigenvalue weighted by Crippen LogP contribution is 2.23. The number of rotatable bonds is 1. The fraction of sp³-hybridized carbons (Fsp3) is 0.462. The lowest BCUT2D eigenvalue weighted by atomic mass is 10.2. The number of hydrogen-bond donors (Lipinski definition) is 1. The van der Waals surface area contributed by atoms with Crippen molar-refractivity contribution in [3.63, 3.8) is 0 Å². The summed E-state index contributed by atoms with van der Waals surface area (Å²) in [5.74, 6) is 0. The molecule has 1 unspecified atom stereocenters. The fourth-order valence-electron chi connectivity index (χ4n) is 2.79. The van der Waals surface area contributed by atoms with Gasteiger partial charge in [0, 0.05) is 13.6 Å². The predicted molar refractivity (Wildman–Crippen MR) is 68.4 cm³/mol. The topological polar surface area (TPSA) is 39.0 Å². The second-order valence-corrected chi connectivity index (χ2v) is 4.80. The van der Waals surface area contributed by atoms with Crippen molar-refractivity contribution in [3.05, 3.63) is 34.2 Å². The quantitative estimate of drug-likeness (QED) is 0.800. The van der Waals surface area contributed by atoms with Crippen molar-refractivity contribution in [1.82, 2.24) is 14.5 Å². The first-order valence-electron chi connectivity index (χ1n) is 6.07. The molecule has 0 aliphatic carbocycles. The molecule has 1 atom stereocenters. The zero-order valence-corrected chi connectivity index (χ0v) is 10.2. The third-order valence-electron chi connectivity index (χ3n) is 3.71. The van der Waals surface area contributed by atoms with Gasteiger partial charge in [-0.05, 0) is 31.5 Å². The van der Waals surface area contributed by atoms with E-state index in [1.54, 1.807) is 4.57 Å². The van der Waals surface area contributed by atoms with Gasteiger partial charge in [-0.15, -0.1) is 0 Å². The van der Waals surface area contributed by atoms with Crippen LogP contribution in [0.2, 0.25) is 0 Å². The maximum Gasteiger partial charge on any atom is 0.329 e. The van der Waals surface area contributed by atoms with Crippen molar-refractivity contribution in [3.8, 4) is 0 Å². The Hall–Kier alpha value is -1.55. The third kappa shape index (κ3) is 1.44. The largest absolute Gasteiger partial charge is 0.329 e. The summed E-state index contributed by atoms with van der Waals surface area (Å²) in [6.45, 7) is 3.97. The Bertz CT molecular complexity index is 617. The van der Waals surface area contributed by atoms with Crippen LogP contribution in [0, 0.1) is 6.92 Å². The number of imidazole rings is 1. The van der Waals surface area contributed by atoms with Crippen molar-refractivity contribution >= 4 is 11.0 Å². The Balaban J connectivity index is 2.36. The van der Waals surface area contributed by atoms with Gasteiger partial charge < -0.3 is 5.32 Å². The molecule has 1 saturated heterocycles. The highest BCUT2D eigenvalue weighted by molar-refractivity contribution is 5.79. The molecule has 4 nitrogen and oxygen atoms in total. The number of hydrogen-bond acceptors (Lipinski definition) is 2. The molecule has 1 fully saturated rings. The van der Waals surface area contributed by atoms with E-state index < -0.39 is 0 Å². The Kier molecular flexibility index (Phi) is 2.33. The fourth-order valence-corrected chi connectivity index (χ4v) is 2.79. The summed E-state index contributed by atoms with van der Waals surface area (Å²) in [4.78, 5) is 12.3. The molecule has 0 radical (unpaired) electrons. The zero-order chi connectivity index (χ0) is 12.0. The van der Waals surface area contributed by atoms with Gasteiger partial charge in [0.15, 0.2) is 0 Å². The molecule has 0 saturated carbocycles. The number of nitrogens with zero attached hydrogens (tertiary/aromatic N) is 2. The minimum absolute atomic E-state index is 0.100. The van der Waals surface area contributed by atoms with Gasteiger partial charge in [-0.2, -0.15) is 0 Å². The maximum absolute atomic E-state index is 12.3. The van der Waals surface area contributed by atoms with E-state index in [4.69, 9.17) is 0 Å². The van der Waals surface area contributed by atoms with Gasteiger partial charge in [-0.25, -0.2) is 4.79 Å². The van der Waals surface area contributed by atoms with E-state index in [-0.39, 0.29) is 5.69 Å². The highest BCUT2D eigenvalue weighted by Gasteiger charge is 2.22. The van der Waals surface area contributed by atoms with Gasteiger partial charge >= 0.3 is 5.69 Å². The zero-order valence-electron chi connectivity index (χ0n) is 10.2. The Morgan fingerprint density at radius 2 is 2.24 bits per heavy atom. The lowest BCUT2D eigenvalue weighted by Crippen LogP contribution is -2.27. The summed E-state index contributed by atoms with van der Waals surface area (Å²) in [7, 11) is 1.85. The van der Waals surface area contributed by atoms with Crippen LogP contribution < -0.4 is 11.0 Å². The van der Waals surface area contributed by atoms with Gasteiger partial charge in [-0.1, -0.05) is 12.1 Å². The molecule has 17 heavy (non-hydrogen) atoms. The monoisotopic (exact) mass is 231 g/mol. The number of para-hydroxylation sites is 1. The molecule has 90 valence electrons. The predicted octanol–water partition coefficient (Wildman–Crippen LogP) is 1.18. The van der Waals surface area contributed by atoms with E-state index in [1.165, 1.54) is 5.56 Å². The molecule has 0 amide bonds. The Morgan fingerprint density at radius 1 is 1.41 bits per heavy atom. The second-order valence-electron chi connectivity index (χ2n) is 4.80. The van der Waals surface area contributed by atoms with Crippen molar-refractivity contribution in [2.24, 2.45) is 7.05 Å². The van der Waals surface area contributed by atoms with Crippen LogP contribution in [0.3, 0.4) is 0 Å². The SMILES string of the molecule is Cc1cccc2c1n(C1CCNC1)c(=O)n2C. The number of fused-ring (bicyclic) bond motifs is 1. The van der Waals surface area contributed by atoms with Crippen molar-refractivity contribution in [2.45, 2.75) is 19.4 Å². The average molecular weight is 231 g/mol. The molecule has 0 spiro atoms. The highest BCUT2D eigenvalue weighted by atomic mass is 16.1. The van der Waals surface area contributed by atoms with Gasteiger partial charge in [-0.3, -0.25) is 9.13 Å². The minimum atomic E-state index is 0.100. The van der Waals surface area contributed by atoms with Crippen LogP contribution in [-0.2, 0) is 7.05 Å². The summed E-state index contributed by atoms with van der Waals surface area (Å²) < 4.78 is 3.71. The lowest BCUT2D eigenvalue weighted by Gasteiger charge is -2.11. The van der Waals surface area contributed by atoms with Crippen LogP contribution in [0.1, 0.15) is 18.0 Å². The van der Waals surface area contributed by atoms with E-state index >= 15 is 0 Å². The van der Waals surface area contributed by atoms with Crippen LogP contribution in [0.4, 0.5) is 0 Å². The smallest absolute Gasteiger partial charge is 0.315 e. The third-order valence-corrected chi connectivity index (χ3v) is 3.71. The summed E-state index contributed by atoms with van der Waals surface area (Å²) in [5.41, 5.74) is 3.39. The lowest BCUT2D eigenvalue weighted by molar-refractivity contribution is 0.535. The average Bonchev–Trinajstić information content (AvgIpc) is 2.90. The van der Waals surface area contributed by atoms with Crippen molar-refractivity contribution in [1.29, 1.82) is 0 Å². The summed E-state index contributed by atoms with van der Waals surface area (Å²) in [5, 5.41) is 3.32. The van der Waals surface area contributed by atoms with Gasteiger partial charge in [0.2, 0.25) is 0 Å². The normalized spacial score (nSPS) is 20.2. The summed E-state index contributed by atoms with van der Waals surface area (Å²) in [6, 6.07) is 6.39. The number of aromatic nitrogens is 2. The molecular formula is C13H17N3O. The van der Waals surface area contributed by atoms with Crippen LogP contribution in [-0.4, -0.2) is 22.2 Å². The molecule has 1 aliphatic heterocycles. The standard InChI is InChI=1S/C13H17N3O/c1-9-4-3-5-11-12(9)16(13(17)15(11)2)10-6-7-14-8-10/h3-5,10,14H,6-8H2,1-2H3. The van der Waals surface area contributed by atoms with E-state index in [9.17, 15) is 4.79 Å². The molecule has 3 rings (SSSR count). The minimum Gasteiger partial charge on any atom is -0.315 e. The molecule has 1 aromatic carbocycles. The van der Waals surface area contributed by atoms with Gasteiger partial charge in [0.1, 0.15) is 0 Å². The molecule has 4 heteroatoms. The molecule has 1 aromatic heterocycles. The molecule has 2 heterocycles. The van der Waals surface area contributed by atoms with Crippen LogP contribution in [0.25, 0.3) is 11.0 Å². The first kappa shape index (κ1) is 10.6. The van der Waals surface area contributed by atoms with E-state index in [1.807, 2.05) is 23.7 Å². The Labute approximate surface area is 99.9 Å². The first-order valence-corrected chi connectivity index (χ1v) is 6.07. The van der Waals surface area contributed by atoms with Crippen molar-refractivity contribution in [2.75, 3.05) is 13.1 Å².